The van der Waals surface area contributed by atoms with Crippen molar-refractivity contribution in [3.05, 3.63) is 34.9 Å². The summed E-state index contributed by atoms with van der Waals surface area (Å²) in [6.07, 6.45) is 4.16. The molecule has 0 saturated heterocycles. The predicted octanol–water partition coefficient (Wildman–Crippen LogP) is 3.97. The minimum Gasteiger partial charge on any atom is -0.488 e. The van der Waals surface area contributed by atoms with Gasteiger partial charge in [-0.3, -0.25) is 0 Å². The summed E-state index contributed by atoms with van der Waals surface area (Å²) in [6.45, 7) is 2.53. The monoisotopic (exact) mass is 392 g/mol. The summed E-state index contributed by atoms with van der Waals surface area (Å²) in [5, 5.41) is 6.59. The standard InChI is InChI=1S/C17H21BrN4O2/c1-11(10-23-2)24-14-7-5-13(6-8-14)21-17-19-9-15(18)16(22-17)20-12-3-4-12/h5-9,11-12H,3-4,10H2,1-2H3,(H2,19,20,21,22). The van der Waals surface area contributed by atoms with E-state index in [1.165, 1.54) is 12.8 Å². The summed E-state index contributed by atoms with van der Waals surface area (Å²) in [5.74, 6) is 2.18. The SMILES string of the molecule is COCC(C)Oc1ccc(Nc2ncc(Br)c(NC3CC3)n2)cc1. The molecule has 2 N–H and O–H groups in total. The molecule has 0 radical (unpaired) electrons. The first kappa shape index (κ1) is 17.0. The average molecular weight is 393 g/mol. The molecule has 1 aromatic heterocycles. The van der Waals surface area contributed by atoms with Crippen molar-refractivity contribution >= 4 is 33.4 Å². The van der Waals surface area contributed by atoms with Crippen LogP contribution in [-0.4, -0.2) is 35.8 Å². The van der Waals surface area contributed by atoms with E-state index in [9.17, 15) is 0 Å². The zero-order chi connectivity index (χ0) is 16.9. The lowest BCUT2D eigenvalue weighted by atomic mass is 10.3. The number of hydrogen-bond donors (Lipinski definition) is 2. The van der Waals surface area contributed by atoms with Crippen LogP contribution < -0.4 is 15.4 Å². The number of ether oxygens (including phenoxy) is 2. The zero-order valence-corrected chi connectivity index (χ0v) is 15.3. The van der Waals surface area contributed by atoms with Gasteiger partial charge in [0.25, 0.3) is 0 Å². The molecule has 2 aromatic rings. The van der Waals surface area contributed by atoms with E-state index in [1.807, 2.05) is 31.2 Å². The lowest BCUT2D eigenvalue weighted by Crippen LogP contribution is -2.17. The first-order valence-corrected chi connectivity index (χ1v) is 8.75. The molecule has 0 amide bonds. The summed E-state index contributed by atoms with van der Waals surface area (Å²) >= 11 is 3.48. The van der Waals surface area contributed by atoms with E-state index in [2.05, 4.69) is 36.5 Å². The smallest absolute Gasteiger partial charge is 0.229 e. The molecule has 128 valence electrons. The van der Waals surface area contributed by atoms with E-state index in [1.54, 1.807) is 13.3 Å². The topological polar surface area (TPSA) is 68.3 Å². The van der Waals surface area contributed by atoms with Crippen molar-refractivity contribution in [2.24, 2.45) is 0 Å². The number of nitrogens with zero attached hydrogens (tertiary/aromatic N) is 2. The van der Waals surface area contributed by atoms with E-state index in [0.717, 1.165) is 21.7 Å². The Morgan fingerprint density at radius 1 is 1.29 bits per heavy atom. The van der Waals surface area contributed by atoms with Crippen LogP contribution >= 0.6 is 15.9 Å². The molecule has 1 aromatic carbocycles. The predicted molar refractivity (Wildman–Crippen MR) is 98.1 cm³/mol. The van der Waals surface area contributed by atoms with Crippen LogP contribution in [0.15, 0.2) is 34.9 Å². The molecule has 0 spiro atoms. The Morgan fingerprint density at radius 2 is 2.04 bits per heavy atom. The van der Waals surface area contributed by atoms with Crippen LogP contribution in [0.5, 0.6) is 5.75 Å². The molecule has 3 rings (SSSR count). The third-order valence-corrected chi connectivity index (χ3v) is 4.09. The van der Waals surface area contributed by atoms with Crippen LogP contribution in [-0.2, 0) is 4.74 Å². The van der Waals surface area contributed by atoms with Gasteiger partial charge >= 0.3 is 0 Å². The first-order chi connectivity index (χ1) is 11.6. The van der Waals surface area contributed by atoms with Crippen molar-refractivity contribution in [2.75, 3.05) is 24.4 Å². The fourth-order valence-corrected chi connectivity index (χ4v) is 2.50. The van der Waals surface area contributed by atoms with Gasteiger partial charge in [-0.05, 0) is 60.0 Å². The fourth-order valence-electron chi connectivity index (χ4n) is 2.20. The Kier molecular flexibility index (Phi) is 5.52. The summed E-state index contributed by atoms with van der Waals surface area (Å²) in [4.78, 5) is 8.82. The number of aromatic nitrogens is 2. The second kappa shape index (κ2) is 7.81. The summed E-state index contributed by atoms with van der Waals surface area (Å²) in [7, 11) is 1.66. The highest BCUT2D eigenvalue weighted by Gasteiger charge is 2.22. The van der Waals surface area contributed by atoms with Crippen molar-refractivity contribution in [3.8, 4) is 5.75 Å². The second-order valence-corrected chi connectivity index (χ2v) is 6.70. The van der Waals surface area contributed by atoms with Gasteiger partial charge in [0.2, 0.25) is 5.95 Å². The van der Waals surface area contributed by atoms with E-state index in [-0.39, 0.29) is 6.10 Å². The Morgan fingerprint density at radius 3 is 2.71 bits per heavy atom. The van der Waals surface area contributed by atoms with Crippen LogP contribution in [0.3, 0.4) is 0 Å². The molecule has 24 heavy (non-hydrogen) atoms. The largest absolute Gasteiger partial charge is 0.488 e. The molecule has 1 aliphatic rings. The number of anilines is 3. The van der Waals surface area contributed by atoms with Gasteiger partial charge in [0.05, 0.1) is 11.1 Å². The van der Waals surface area contributed by atoms with Crippen molar-refractivity contribution in [2.45, 2.75) is 31.9 Å². The third-order valence-electron chi connectivity index (χ3n) is 3.51. The summed E-state index contributed by atoms with van der Waals surface area (Å²) < 4.78 is 11.7. The fraction of sp³-hybridized carbons (Fsp3) is 0.412. The third kappa shape index (κ3) is 4.82. The van der Waals surface area contributed by atoms with Crippen LogP contribution in [0.25, 0.3) is 0 Å². The highest BCUT2D eigenvalue weighted by molar-refractivity contribution is 9.10. The highest BCUT2D eigenvalue weighted by atomic mass is 79.9. The minimum atomic E-state index is 0.0136. The average Bonchev–Trinajstić information content (AvgIpc) is 3.37. The normalized spacial score (nSPS) is 15.0. The maximum atomic E-state index is 5.75. The van der Waals surface area contributed by atoms with Gasteiger partial charge < -0.3 is 20.1 Å². The molecular weight excluding hydrogens is 372 g/mol. The molecule has 6 nitrogen and oxygen atoms in total. The Hall–Kier alpha value is -1.86. The summed E-state index contributed by atoms with van der Waals surface area (Å²) in [5.41, 5.74) is 0.904. The zero-order valence-electron chi connectivity index (χ0n) is 13.8. The van der Waals surface area contributed by atoms with Gasteiger partial charge in [0.1, 0.15) is 17.7 Å². The van der Waals surface area contributed by atoms with Gasteiger partial charge in [0.15, 0.2) is 0 Å². The van der Waals surface area contributed by atoms with Crippen molar-refractivity contribution in [1.29, 1.82) is 0 Å². The van der Waals surface area contributed by atoms with Gasteiger partial charge in [-0.25, -0.2) is 4.98 Å². The molecule has 7 heteroatoms. The van der Waals surface area contributed by atoms with E-state index >= 15 is 0 Å². The van der Waals surface area contributed by atoms with Crippen molar-refractivity contribution < 1.29 is 9.47 Å². The lowest BCUT2D eigenvalue weighted by molar-refractivity contribution is 0.0921. The molecule has 0 aliphatic heterocycles. The molecule has 1 saturated carbocycles. The first-order valence-electron chi connectivity index (χ1n) is 7.96. The maximum Gasteiger partial charge on any atom is 0.229 e. The van der Waals surface area contributed by atoms with Crippen LogP contribution in [0.4, 0.5) is 17.5 Å². The van der Waals surface area contributed by atoms with Gasteiger partial charge in [-0.1, -0.05) is 0 Å². The van der Waals surface area contributed by atoms with Crippen molar-refractivity contribution in [3.63, 3.8) is 0 Å². The molecule has 1 fully saturated rings. The number of halogens is 1. The van der Waals surface area contributed by atoms with E-state index < -0.39 is 0 Å². The molecule has 1 heterocycles. The number of nitrogens with one attached hydrogen (secondary N) is 2. The molecule has 0 bridgehead atoms. The maximum absolute atomic E-state index is 5.75. The van der Waals surface area contributed by atoms with Crippen molar-refractivity contribution in [1.82, 2.24) is 9.97 Å². The van der Waals surface area contributed by atoms with Crippen LogP contribution in [0, 0.1) is 0 Å². The lowest BCUT2D eigenvalue weighted by Gasteiger charge is -2.14. The highest BCUT2D eigenvalue weighted by Crippen LogP contribution is 2.29. The quantitative estimate of drug-likeness (QED) is 0.708. The molecule has 1 aliphatic carbocycles. The number of rotatable bonds is 8. The molecule has 1 unspecified atom stereocenters. The Labute approximate surface area is 150 Å². The number of methoxy groups -OCH3 is 1. The molecule has 1 atom stereocenters. The van der Waals surface area contributed by atoms with Crippen LogP contribution in [0.1, 0.15) is 19.8 Å². The number of benzene rings is 1. The second-order valence-electron chi connectivity index (χ2n) is 5.84. The van der Waals surface area contributed by atoms with Gasteiger partial charge in [0, 0.05) is 25.0 Å². The Balaban J connectivity index is 1.63. The minimum absolute atomic E-state index is 0.0136. The molecular formula is C17H21BrN4O2. The van der Waals surface area contributed by atoms with Gasteiger partial charge in [-0.2, -0.15) is 4.98 Å². The Bertz CT molecular complexity index is 677. The van der Waals surface area contributed by atoms with E-state index in [0.29, 0.717) is 18.6 Å². The van der Waals surface area contributed by atoms with Crippen LogP contribution in [0.2, 0.25) is 0 Å². The van der Waals surface area contributed by atoms with Gasteiger partial charge in [-0.15, -0.1) is 0 Å². The number of hydrogen-bond acceptors (Lipinski definition) is 6. The summed E-state index contributed by atoms with van der Waals surface area (Å²) in [6, 6.07) is 8.24. The van der Waals surface area contributed by atoms with E-state index in [4.69, 9.17) is 9.47 Å².